The lowest BCUT2D eigenvalue weighted by Gasteiger charge is -2.27. The third-order valence-electron chi connectivity index (χ3n) is 4.25. The molecule has 11 nitrogen and oxygen atoms in total. The van der Waals surface area contributed by atoms with Crippen molar-refractivity contribution in [3.63, 3.8) is 0 Å². The Morgan fingerprint density at radius 3 is 2.53 bits per heavy atom. The minimum Gasteiger partial charge on any atom is -0.456 e. The maximum atomic E-state index is 12.6. The van der Waals surface area contributed by atoms with Gasteiger partial charge in [-0.2, -0.15) is 0 Å². The van der Waals surface area contributed by atoms with Crippen LogP contribution in [0.2, 0.25) is 0 Å². The second-order valence-electron chi connectivity index (χ2n) is 6.60. The van der Waals surface area contributed by atoms with Crippen LogP contribution in [0.25, 0.3) is 0 Å². The highest BCUT2D eigenvalue weighted by atomic mass is 32.3. The minimum atomic E-state index is -4.34. The maximum absolute atomic E-state index is 12.6. The van der Waals surface area contributed by atoms with Gasteiger partial charge in [-0.3, -0.25) is 14.4 Å². The number of ether oxygens (including phenoxy) is 1. The molecule has 0 bridgehead atoms. The Morgan fingerprint density at radius 1 is 1.27 bits per heavy atom. The van der Waals surface area contributed by atoms with Crippen LogP contribution in [0.3, 0.4) is 0 Å². The molecule has 2 heterocycles. The molecule has 0 spiro atoms. The first kappa shape index (κ1) is 24.2. The van der Waals surface area contributed by atoms with Gasteiger partial charge >= 0.3 is 5.97 Å². The van der Waals surface area contributed by atoms with Crippen molar-refractivity contribution < 1.29 is 36.0 Å². The molecule has 14 heteroatoms. The summed E-state index contributed by atoms with van der Waals surface area (Å²) in [5, 5.41) is 4.58. The number of rotatable bonds is 8. The van der Waals surface area contributed by atoms with Crippen LogP contribution in [0.4, 0.5) is 0 Å². The minimum absolute atomic E-state index is 0.0327. The predicted octanol–water partition coefficient (Wildman–Crippen LogP) is -0.551. The first-order valence-corrected chi connectivity index (χ1v) is 12.8. The number of sulfone groups is 1. The van der Waals surface area contributed by atoms with Crippen LogP contribution in [0, 0.1) is 0 Å². The van der Waals surface area contributed by atoms with Gasteiger partial charge in [-0.15, -0.1) is 11.3 Å². The molecule has 2 atom stereocenters. The van der Waals surface area contributed by atoms with Crippen molar-refractivity contribution in [2.24, 2.45) is 0 Å². The van der Waals surface area contributed by atoms with Gasteiger partial charge in [0, 0.05) is 18.5 Å². The van der Waals surface area contributed by atoms with E-state index in [9.17, 15) is 31.2 Å². The second kappa shape index (κ2) is 9.41. The fourth-order valence-corrected chi connectivity index (χ4v) is 7.79. The van der Waals surface area contributed by atoms with E-state index in [0.29, 0.717) is 29.9 Å². The molecular weight excluding hydrogens is 458 g/mol. The van der Waals surface area contributed by atoms with Crippen molar-refractivity contribution in [3.05, 3.63) is 11.6 Å². The van der Waals surface area contributed by atoms with Crippen LogP contribution < -0.4 is 15.4 Å². The predicted molar refractivity (Wildman–Crippen MR) is 107 cm³/mol. The van der Waals surface area contributed by atoms with Gasteiger partial charge in [0.05, 0.1) is 11.8 Å². The number of hydrogen-bond donors (Lipinski definition) is 3. The standard InChI is InChI=1S/C16H23N3O8S3/c1-4-17-12-5-9(2)29(23,24)16-11(12)6-15(28-16)30(25,26)19-13(21)7-18-14(22)8-27-10(3)20/h6,9,12,17H,4-5,7-8H2,1-3H3,(H,18,22)(H,19,21)/t9-,12-/m0/s1. The highest BCUT2D eigenvalue weighted by Crippen LogP contribution is 2.42. The topological polar surface area (TPSA) is 165 Å². The Labute approximate surface area is 178 Å². The molecule has 0 saturated carbocycles. The first-order valence-electron chi connectivity index (χ1n) is 8.95. The molecule has 1 aliphatic rings. The summed E-state index contributed by atoms with van der Waals surface area (Å²) in [6, 6.07) is 0.936. The molecule has 168 valence electrons. The van der Waals surface area contributed by atoms with Crippen LogP contribution in [0.1, 0.15) is 38.8 Å². The number of carbonyl (C=O) groups is 3. The van der Waals surface area contributed by atoms with Gasteiger partial charge in [0.2, 0.25) is 0 Å². The Bertz CT molecular complexity index is 1050. The van der Waals surface area contributed by atoms with Crippen LogP contribution in [-0.4, -0.2) is 59.6 Å². The van der Waals surface area contributed by atoms with Crippen LogP contribution in [-0.2, 0) is 39.0 Å². The summed E-state index contributed by atoms with van der Waals surface area (Å²) >= 11 is 0.585. The van der Waals surface area contributed by atoms with E-state index in [-0.39, 0.29) is 14.5 Å². The first-order chi connectivity index (χ1) is 13.9. The van der Waals surface area contributed by atoms with Crippen molar-refractivity contribution in [3.8, 4) is 0 Å². The van der Waals surface area contributed by atoms with Gasteiger partial charge in [0.25, 0.3) is 21.8 Å². The average molecular weight is 482 g/mol. The largest absolute Gasteiger partial charge is 0.456 e. The van der Waals surface area contributed by atoms with Crippen LogP contribution >= 0.6 is 11.3 Å². The smallest absolute Gasteiger partial charge is 0.303 e. The van der Waals surface area contributed by atoms with Crippen molar-refractivity contribution in [1.82, 2.24) is 15.4 Å². The Hall–Kier alpha value is -2.03. The van der Waals surface area contributed by atoms with E-state index in [1.54, 1.807) is 11.6 Å². The van der Waals surface area contributed by atoms with Gasteiger partial charge in [-0.1, -0.05) is 6.92 Å². The highest BCUT2D eigenvalue weighted by Gasteiger charge is 2.39. The van der Waals surface area contributed by atoms with E-state index in [2.05, 4.69) is 15.4 Å². The average Bonchev–Trinajstić information content (AvgIpc) is 3.10. The SMILES string of the molecule is CCN[C@H]1C[C@H](C)S(=O)(=O)c2sc(S(=O)(=O)NC(=O)CNC(=O)COC(C)=O)cc21. The zero-order valence-electron chi connectivity index (χ0n) is 16.6. The molecule has 2 rings (SSSR count). The van der Waals surface area contributed by atoms with Gasteiger partial charge in [0.15, 0.2) is 16.4 Å². The summed E-state index contributed by atoms with van der Waals surface area (Å²) in [7, 11) is -8.01. The van der Waals surface area contributed by atoms with E-state index >= 15 is 0 Å². The number of esters is 1. The number of nitrogens with one attached hydrogen (secondary N) is 3. The number of sulfonamides is 1. The quantitative estimate of drug-likeness (QED) is 0.413. The summed E-state index contributed by atoms with van der Waals surface area (Å²) in [5.74, 6) is -2.49. The third-order valence-corrected chi connectivity index (χ3v) is 9.99. The van der Waals surface area contributed by atoms with Crippen LogP contribution in [0.5, 0.6) is 0 Å². The lowest BCUT2D eigenvalue weighted by molar-refractivity contribution is -0.146. The number of fused-ring (bicyclic) bond motifs is 1. The van der Waals surface area contributed by atoms with E-state index in [1.807, 2.05) is 6.92 Å². The van der Waals surface area contributed by atoms with Crippen molar-refractivity contribution in [2.75, 3.05) is 19.7 Å². The molecule has 1 aromatic heterocycles. The summed E-state index contributed by atoms with van der Waals surface area (Å²) in [4.78, 5) is 34.0. The molecule has 2 amide bonds. The van der Waals surface area contributed by atoms with Crippen molar-refractivity contribution in [2.45, 2.75) is 46.9 Å². The fourth-order valence-electron chi connectivity index (χ4n) is 2.80. The molecule has 30 heavy (non-hydrogen) atoms. The van der Waals surface area contributed by atoms with Crippen LogP contribution in [0.15, 0.2) is 14.5 Å². The Balaban J connectivity index is 2.15. The lowest BCUT2D eigenvalue weighted by atomic mass is 10.1. The summed E-state index contributed by atoms with van der Waals surface area (Å²) in [6.07, 6.45) is 0.306. The maximum Gasteiger partial charge on any atom is 0.303 e. The van der Waals surface area contributed by atoms with E-state index in [4.69, 9.17) is 0 Å². The molecule has 0 aromatic carbocycles. The molecule has 1 aliphatic heterocycles. The third kappa shape index (κ3) is 5.56. The highest BCUT2D eigenvalue weighted by molar-refractivity contribution is 7.95. The molecule has 1 aromatic rings. The molecule has 0 saturated heterocycles. The Morgan fingerprint density at radius 2 is 1.93 bits per heavy atom. The van der Waals surface area contributed by atoms with Crippen molar-refractivity contribution in [1.29, 1.82) is 0 Å². The number of carbonyl (C=O) groups excluding carboxylic acids is 3. The zero-order valence-corrected chi connectivity index (χ0v) is 19.0. The Kier molecular flexibility index (Phi) is 7.60. The number of amides is 2. The summed E-state index contributed by atoms with van der Waals surface area (Å²) in [6.45, 7) is 3.83. The molecular formula is C16H23N3O8S3. The number of thiophene rings is 1. The summed E-state index contributed by atoms with van der Waals surface area (Å²) < 4.78 is 56.3. The van der Waals surface area contributed by atoms with Gasteiger partial charge in [-0.25, -0.2) is 21.6 Å². The molecule has 3 N–H and O–H groups in total. The zero-order chi connectivity index (χ0) is 22.7. The van der Waals surface area contributed by atoms with E-state index in [1.165, 1.54) is 6.07 Å². The lowest BCUT2D eigenvalue weighted by Crippen LogP contribution is -2.40. The van der Waals surface area contributed by atoms with Gasteiger partial charge in [0.1, 0.15) is 8.42 Å². The molecule has 0 radical (unpaired) electrons. The molecule has 0 fully saturated rings. The fraction of sp³-hybridized carbons (Fsp3) is 0.562. The van der Waals surface area contributed by atoms with Gasteiger partial charge < -0.3 is 15.4 Å². The van der Waals surface area contributed by atoms with E-state index in [0.717, 1.165) is 6.92 Å². The van der Waals surface area contributed by atoms with Gasteiger partial charge in [-0.05, 0) is 26.0 Å². The monoisotopic (exact) mass is 481 g/mol. The van der Waals surface area contributed by atoms with Crippen molar-refractivity contribution >= 4 is 49.0 Å². The second-order valence-corrected chi connectivity index (χ2v) is 12.1. The summed E-state index contributed by atoms with van der Waals surface area (Å²) in [5.41, 5.74) is 0.363. The molecule has 0 unspecified atom stereocenters. The molecule has 0 aliphatic carbocycles. The normalized spacial score (nSPS) is 20.1. The number of hydrogen-bond acceptors (Lipinski definition) is 10. The van der Waals surface area contributed by atoms with E-state index < -0.39 is 56.0 Å².